The quantitative estimate of drug-likeness (QED) is 0.766. The lowest BCUT2D eigenvalue weighted by Gasteiger charge is -2.34. The van der Waals surface area contributed by atoms with Crippen LogP contribution in [-0.2, 0) is 4.79 Å². The van der Waals surface area contributed by atoms with E-state index in [1.165, 1.54) is 6.08 Å². The van der Waals surface area contributed by atoms with Crippen LogP contribution in [0.2, 0.25) is 0 Å². The number of fused-ring (bicyclic) bond motifs is 2. The van der Waals surface area contributed by atoms with E-state index in [0.717, 1.165) is 23.6 Å². The molecule has 4 heterocycles. The number of nitrogens with one attached hydrogen (secondary N) is 1. The molecule has 2 fully saturated rings. The zero-order chi connectivity index (χ0) is 19.8. The average molecular weight is 378 g/mol. The third-order valence-corrected chi connectivity index (χ3v) is 5.31. The number of carbonyl (C=O) groups excluding carboxylic acids is 2. The van der Waals surface area contributed by atoms with Gasteiger partial charge in [-0.2, -0.15) is 0 Å². The Morgan fingerprint density at radius 1 is 1.25 bits per heavy atom. The summed E-state index contributed by atoms with van der Waals surface area (Å²) in [5, 5.41) is 3.15. The van der Waals surface area contributed by atoms with Crippen molar-refractivity contribution in [2.24, 2.45) is 5.73 Å². The molecule has 0 aliphatic carbocycles. The van der Waals surface area contributed by atoms with Crippen molar-refractivity contribution in [1.29, 1.82) is 0 Å². The molecule has 3 N–H and O–H groups in total. The first-order valence-electron chi connectivity index (χ1n) is 9.16. The average Bonchev–Trinajstić information content (AvgIpc) is 3.30. The molecule has 2 saturated heterocycles. The van der Waals surface area contributed by atoms with E-state index >= 15 is 0 Å². The molecule has 0 spiro atoms. The lowest BCUT2D eigenvalue weighted by atomic mass is 10.2. The highest BCUT2D eigenvalue weighted by molar-refractivity contribution is 5.98. The van der Waals surface area contributed by atoms with Crippen molar-refractivity contribution >= 4 is 29.1 Å². The summed E-state index contributed by atoms with van der Waals surface area (Å²) >= 11 is 0. The van der Waals surface area contributed by atoms with E-state index in [0.29, 0.717) is 24.5 Å². The molecule has 0 saturated carbocycles. The number of aryl methyl sites for hydroxylation is 1. The molecule has 0 unspecified atom stereocenters. The van der Waals surface area contributed by atoms with Crippen molar-refractivity contribution in [3.05, 3.63) is 54.4 Å². The van der Waals surface area contributed by atoms with Crippen molar-refractivity contribution in [2.45, 2.75) is 25.4 Å². The highest BCUT2D eigenvalue weighted by Crippen LogP contribution is 2.35. The van der Waals surface area contributed by atoms with Gasteiger partial charge >= 0.3 is 0 Å². The summed E-state index contributed by atoms with van der Waals surface area (Å²) in [7, 11) is 0. The molecule has 4 rings (SSSR count). The summed E-state index contributed by atoms with van der Waals surface area (Å²) in [6.45, 7) is 6.84. The first kappa shape index (κ1) is 18.0. The number of amides is 2. The number of rotatable bonds is 5. The fourth-order valence-corrected chi connectivity index (χ4v) is 3.92. The third kappa shape index (κ3) is 3.17. The number of carbonyl (C=O) groups is 2. The summed E-state index contributed by atoms with van der Waals surface area (Å²) in [5.41, 5.74) is 7.46. The van der Waals surface area contributed by atoms with Crippen LogP contribution in [0.25, 0.3) is 0 Å². The van der Waals surface area contributed by atoms with Crippen LogP contribution in [0.3, 0.4) is 0 Å². The van der Waals surface area contributed by atoms with E-state index in [4.69, 9.17) is 5.73 Å². The first-order chi connectivity index (χ1) is 13.5. The number of hydrogen-bond acceptors (Lipinski definition) is 6. The fourth-order valence-electron chi connectivity index (χ4n) is 3.92. The molecule has 2 aliphatic rings. The van der Waals surface area contributed by atoms with E-state index < -0.39 is 5.91 Å². The third-order valence-electron chi connectivity index (χ3n) is 5.31. The number of aromatic nitrogens is 2. The van der Waals surface area contributed by atoms with Gasteiger partial charge in [-0.15, -0.1) is 0 Å². The second kappa shape index (κ2) is 6.95. The molecule has 2 bridgehead atoms. The number of anilines is 3. The predicted molar refractivity (Wildman–Crippen MR) is 106 cm³/mol. The van der Waals surface area contributed by atoms with E-state index in [-0.39, 0.29) is 18.0 Å². The maximum Gasteiger partial charge on any atom is 0.252 e. The van der Waals surface area contributed by atoms with Crippen molar-refractivity contribution < 1.29 is 9.59 Å². The Hall–Kier alpha value is -3.42. The van der Waals surface area contributed by atoms with Gasteiger partial charge in [0.15, 0.2) is 0 Å². The highest BCUT2D eigenvalue weighted by Gasteiger charge is 2.45. The van der Waals surface area contributed by atoms with Crippen LogP contribution in [0.1, 0.15) is 22.5 Å². The van der Waals surface area contributed by atoms with Crippen LogP contribution in [0, 0.1) is 6.92 Å². The second-order valence-electron chi connectivity index (χ2n) is 7.13. The van der Waals surface area contributed by atoms with E-state index in [2.05, 4.69) is 26.8 Å². The lowest BCUT2D eigenvalue weighted by Crippen LogP contribution is -2.48. The van der Waals surface area contributed by atoms with Gasteiger partial charge in [0.05, 0.1) is 29.5 Å². The van der Waals surface area contributed by atoms with Gasteiger partial charge in [0.1, 0.15) is 11.6 Å². The fraction of sp³-hybridized carbons (Fsp3) is 0.300. The number of piperazine rings is 1. The summed E-state index contributed by atoms with van der Waals surface area (Å²) in [5.74, 6) is 0.578. The minimum atomic E-state index is -0.549. The number of primary amides is 1. The van der Waals surface area contributed by atoms with Gasteiger partial charge in [-0.25, -0.2) is 4.98 Å². The number of hydrogen-bond donors (Lipinski definition) is 2. The minimum Gasteiger partial charge on any atom is -0.365 e. The van der Waals surface area contributed by atoms with Gasteiger partial charge in [-0.3, -0.25) is 14.6 Å². The van der Waals surface area contributed by atoms with Crippen molar-refractivity contribution in [2.75, 3.05) is 23.3 Å². The number of nitrogens with two attached hydrogens (primary N) is 1. The summed E-state index contributed by atoms with van der Waals surface area (Å²) in [6, 6.07) is 7.60. The van der Waals surface area contributed by atoms with Crippen LogP contribution < -0.4 is 16.0 Å². The molecule has 28 heavy (non-hydrogen) atoms. The second-order valence-corrected chi connectivity index (χ2v) is 7.13. The largest absolute Gasteiger partial charge is 0.365 e. The van der Waals surface area contributed by atoms with Gasteiger partial charge in [0.2, 0.25) is 5.91 Å². The Bertz CT molecular complexity index is 942. The molecular weight excluding hydrogens is 356 g/mol. The zero-order valence-electron chi connectivity index (χ0n) is 15.6. The molecule has 2 amide bonds. The Morgan fingerprint density at radius 3 is 2.68 bits per heavy atom. The topological polar surface area (TPSA) is 104 Å². The molecule has 0 aromatic carbocycles. The molecule has 8 heteroatoms. The van der Waals surface area contributed by atoms with E-state index in [1.807, 2.05) is 24.0 Å². The molecule has 8 nitrogen and oxygen atoms in total. The molecule has 2 aromatic heterocycles. The number of nitrogens with zero attached hydrogens (tertiary/aromatic N) is 4. The number of pyridine rings is 2. The number of likely N-dealkylation sites (tertiary alicyclic amines) is 1. The van der Waals surface area contributed by atoms with Crippen LogP contribution in [-0.4, -0.2) is 51.9 Å². The molecule has 2 aromatic rings. The van der Waals surface area contributed by atoms with Gasteiger partial charge in [0, 0.05) is 18.8 Å². The Kier molecular flexibility index (Phi) is 4.46. The van der Waals surface area contributed by atoms with Crippen molar-refractivity contribution in [1.82, 2.24) is 14.9 Å². The zero-order valence-corrected chi connectivity index (χ0v) is 15.6. The smallest absolute Gasteiger partial charge is 0.252 e. The van der Waals surface area contributed by atoms with Gasteiger partial charge in [-0.05, 0) is 43.7 Å². The van der Waals surface area contributed by atoms with E-state index in [9.17, 15) is 9.59 Å². The van der Waals surface area contributed by atoms with Gasteiger partial charge in [-0.1, -0.05) is 6.58 Å². The molecule has 0 radical (unpaired) electrons. The maximum absolute atomic E-state index is 12.0. The minimum absolute atomic E-state index is 0.0292. The normalized spacial score (nSPS) is 20.3. The van der Waals surface area contributed by atoms with Crippen LogP contribution >= 0.6 is 0 Å². The van der Waals surface area contributed by atoms with Crippen LogP contribution in [0.4, 0.5) is 17.3 Å². The van der Waals surface area contributed by atoms with Gasteiger partial charge < -0.3 is 20.9 Å². The maximum atomic E-state index is 12.0. The standard InChI is InChI=1S/C20H22N6O2/c1-3-18(27)26-11-14-8-15(26)10-25(14)17-7-6-16(19(21)28)20(24-17)23-13-5-4-12(2)22-9-13/h3-7,9,14-15H,1,8,10-11H2,2H3,(H2,21,28)(H,23,24)/t14-,15-/m0/s1. The first-order valence-corrected chi connectivity index (χ1v) is 9.16. The summed E-state index contributed by atoms with van der Waals surface area (Å²) in [6.07, 6.45) is 3.96. The predicted octanol–water partition coefficient (Wildman–Crippen LogP) is 1.60. The van der Waals surface area contributed by atoms with Crippen molar-refractivity contribution in [3.8, 4) is 0 Å². The van der Waals surface area contributed by atoms with E-state index in [1.54, 1.807) is 18.3 Å². The molecule has 2 atom stereocenters. The summed E-state index contributed by atoms with van der Waals surface area (Å²) in [4.78, 5) is 36.8. The highest BCUT2D eigenvalue weighted by atomic mass is 16.2. The molecule has 144 valence electrons. The molecule has 2 aliphatic heterocycles. The summed E-state index contributed by atoms with van der Waals surface area (Å²) < 4.78 is 0. The monoisotopic (exact) mass is 378 g/mol. The van der Waals surface area contributed by atoms with Crippen molar-refractivity contribution in [3.63, 3.8) is 0 Å². The van der Waals surface area contributed by atoms with Crippen LogP contribution in [0.5, 0.6) is 0 Å². The Balaban J connectivity index is 1.59. The SMILES string of the molecule is C=CC(=O)N1C[C@@H]2C[C@H]1CN2c1ccc(C(N)=O)c(Nc2ccc(C)nc2)n1. The Labute approximate surface area is 163 Å². The molecular formula is C20H22N6O2. The lowest BCUT2D eigenvalue weighted by molar-refractivity contribution is -0.127. The Morgan fingerprint density at radius 2 is 2.07 bits per heavy atom. The van der Waals surface area contributed by atoms with Crippen LogP contribution in [0.15, 0.2) is 43.1 Å². The van der Waals surface area contributed by atoms with Gasteiger partial charge in [0.25, 0.3) is 5.91 Å².